The second-order valence-electron chi connectivity index (χ2n) is 7.22. The number of fused-ring (bicyclic) bond motifs is 1. The quantitative estimate of drug-likeness (QED) is 0.597. The van der Waals surface area contributed by atoms with Crippen molar-refractivity contribution in [1.82, 2.24) is 9.21 Å². The highest BCUT2D eigenvalue weighted by Crippen LogP contribution is 2.23. The molecular weight excluding hydrogens is 466 g/mol. The molecule has 1 aliphatic heterocycles. The maximum absolute atomic E-state index is 13.1. The summed E-state index contributed by atoms with van der Waals surface area (Å²) in [5, 5.41) is 4.80. The van der Waals surface area contributed by atoms with Crippen LogP contribution in [0.4, 0.5) is 5.69 Å². The zero-order valence-electron chi connectivity index (χ0n) is 16.3. The largest absolute Gasteiger partial charge is 0.324 e. The minimum Gasteiger partial charge on any atom is -0.324 e. The third kappa shape index (κ3) is 4.57. The van der Waals surface area contributed by atoms with Crippen molar-refractivity contribution >= 4 is 48.3 Å². The highest BCUT2D eigenvalue weighted by molar-refractivity contribution is 9.10. The van der Waals surface area contributed by atoms with Gasteiger partial charge in [-0.25, -0.2) is 8.42 Å². The summed E-state index contributed by atoms with van der Waals surface area (Å²) < 4.78 is 28.4. The monoisotopic (exact) mass is 487 g/mol. The van der Waals surface area contributed by atoms with Gasteiger partial charge >= 0.3 is 0 Å². The molecule has 0 atom stereocenters. The molecule has 30 heavy (non-hydrogen) atoms. The molecule has 1 fully saturated rings. The predicted molar refractivity (Wildman–Crippen MR) is 122 cm³/mol. The molecule has 0 aliphatic carbocycles. The first-order chi connectivity index (χ1) is 14.4. The molecule has 1 saturated heterocycles. The number of carbonyl (C=O) groups is 1. The molecule has 0 unspecified atom stereocenters. The number of hydrogen-bond donors (Lipinski definition) is 1. The van der Waals surface area contributed by atoms with Gasteiger partial charge in [0.05, 0.1) is 17.1 Å². The molecule has 156 valence electrons. The van der Waals surface area contributed by atoms with Crippen molar-refractivity contribution in [3.63, 3.8) is 0 Å². The minimum atomic E-state index is -3.56. The SMILES string of the molecule is O=C(CN1CCN(S(=O)(=O)c2ccc3ccccc3c2)CC1)Nc1ccccc1Br. The van der Waals surface area contributed by atoms with Crippen LogP contribution in [0.3, 0.4) is 0 Å². The lowest BCUT2D eigenvalue weighted by atomic mass is 10.1. The van der Waals surface area contributed by atoms with Crippen molar-refractivity contribution in [2.24, 2.45) is 0 Å². The fraction of sp³-hybridized carbons (Fsp3) is 0.227. The fourth-order valence-electron chi connectivity index (χ4n) is 3.56. The van der Waals surface area contributed by atoms with Gasteiger partial charge in [0.25, 0.3) is 0 Å². The Morgan fingerprint density at radius 3 is 2.30 bits per heavy atom. The van der Waals surface area contributed by atoms with Gasteiger partial charge in [0.15, 0.2) is 0 Å². The van der Waals surface area contributed by atoms with Crippen molar-refractivity contribution in [3.8, 4) is 0 Å². The molecule has 3 aromatic rings. The summed E-state index contributed by atoms with van der Waals surface area (Å²) in [5.41, 5.74) is 0.722. The lowest BCUT2D eigenvalue weighted by molar-refractivity contribution is -0.117. The van der Waals surface area contributed by atoms with Gasteiger partial charge in [0.2, 0.25) is 15.9 Å². The van der Waals surface area contributed by atoms with Crippen LogP contribution in [0, 0.1) is 0 Å². The van der Waals surface area contributed by atoms with Crippen LogP contribution in [0.2, 0.25) is 0 Å². The van der Waals surface area contributed by atoms with Gasteiger partial charge in [-0.1, -0.05) is 42.5 Å². The van der Waals surface area contributed by atoms with E-state index in [1.807, 2.05) is 59.5 Å². The standard InChI is InChI=1S/C22H22BrN3O3S/c23-20-7-3-4-8-21(20)24-22(27)16-25-11-13-26(14-12-25)30(28,29)19-10-9-17-5-1-2-6-18(17)15-19/h1-10,15H,11-14,16H2,(H,24,27). The Kier molecular flexibility index (Phi) is 6.19. The van der Waals surface area contributed by atoms with Gasteiger partial charge in [-0.3, -0.25) is 9.69 Å². The number of piperazine rings is 1. The first kappa shape index (κ1) is 21.0. The summed E-state index contributed by atoms with van der Waals surface area (Å²) in [6, 6.07) is 20.4. The summed E-state index contributed by atoms with van der Waals surface area (Å²) in [4.78, 5) is 14.6. The Labute approximate surface area is 184 Å². The highest BCUT2D eigenvalue weighted by atomic mass is 79.9. The lowest BCUT2D eigenvalue weighted by Gasteiger charge is -2.33. The van der Waals surface area contributed by atoms with E-state index >= 15 is 0 Å². The molecule has 1 aliphatic rings. The summed E-state index contributed by atoms with van der Waals surface area (Å²) in [6.45, 7) is 1.96. The molecule has 0 aromatic heterocycles. The van der Waals surface area contributed by atoms with Crippen LogP contribution in [0.5, 0.6) is 0 Å². The van der Waals surface area contributed by atoms with E-state index < -0.39 is 10.0 Å². The van der Waals surface area contributed by atoms with Crippen LogP contribution in [-0.2, 0) is 14.8 Å². The summed E-state index contributed by atoms with van der Waals surface area (Å²) >= 11 is 3.42. The van der Waals surface area contributed by atoms with E-state index in [2.05, 4.69) is 21.2 Å². The summed E-state index contributed by atoms with van der Waals surface area (Å²) in [6.07, 6.45) is 0. The number of nitrogens with zero attached hydrogens (tertiary/aromatic N) is 2. The van der Waals surface area contributed by atoms with Crippen LogP contribution in [0.25, 0.3) is 10.8 Å². The number of nitrogens with one attached hydrogen (secondary N) is 1. The topological polar surface area (TPSA) is 69.7 Å². The number of hydrogen-bond acceptors (Lipinski definition) is 4. The van der Waals surface area contributed by atoms with Gasteiger partial charge in [-0.05, 0) is 51.0 Å². The number of benzene rings is 3. The van der Waals surface area contributed by atoms with E-state index in [1.165, 1.54) is 4.31 Å². The van der Waals surface area contributed by atoms with Crippen molar-refractivity contribution < 1.29 is 13.2 Å². The van der Waals surface area contributed by atoms with Gasteiger partial charge < -0.3 is 5.32 Å². The highest BCUT2D eigenvalue weighted by Gasteiger charge is 2.29. The zero-order valence-corrected chi connectivity index (χ0v) is 18.7. The Morgan fingerprint density at radius 1 is 0.900 bits per heavy atom. The average Bonchev–Trinajstić information content (AvgIpc) is 2.75. The smallest absolute Gasteiger partial charge is 0.243 e. The second-order valence-corrected chi connectivity index (χ2v) is 10.0. The van der Waals surface area contributed by atoms with Gasteiger partial charge in [0, 0.05) is 30.7 Å². The van der Waals surface area contributed by atoms with Gasteiger partial charge in [-0.15, -0.1) is 0 Å². The Balaban J connectivity index is 1.37. The van der Waals surface area contributed by atoms with Crippen molar-refractivity contribution in [1.29, 1.82) is 0 Å². The number of anilines is 1. The zero-order chi connectivity index (χ0) is 21.1. The lowest BCUT2D eigenvalue weighted by Crippen LogP contribution is -2.50. The van der Waals surface area contributed by atoms with E-state index in [9.17, 15) is 13.2 Å². The molecule has 1 amide bonds. The molecule has 0 bridgehead atoms. The summed E-state index contributed by atoms with van der Waals surface area (Å²) in [7, 11) is -3.56. The first-order valence-corrected chi connectivity index (χ1v) is 11.9. The number of para-hydroxylation sites is 1. The minimum absolute atomic E-state index is 0.118. The van der Waals surface area contributed by atoms with Crippen LogP contribution in [0.15, 0.2) is 76.1 Å². The molecule has 4 rings (SSSR count). The van der Waals surface area contributed by atoms with Crippen LogP contribution in [0.1, 0.15) is 0 Å². The van der Waals surface area contributed by atoms with E-state index in [1.54, 1.807) is 12.1 Å². The number of rotatable bonds is 5. The average molecular weight is 488 g/mol. The molecule has 0 spiro atoms. The van der Waals surface area contributed by atoms with Crippen LogP contribution in [-0.4, -0.2) is 56.3 Å². The van der Waals surface area contributed by atoms with E-state index in [0.29, 0.717) is 31.1 Å². The maximum atomic E-state index is 13.1. The molecule has 1 heterocycles. The van der Waals surface area contributed by atoms with E-state index in [4.69, 9.17) is 0 Å². The first-order valence-electron chi connectivity index (χ1n) is 9.69. The second kappa shape index (κ2) is 8.85. The molecule has 6 nitrogen and oxygen atoms in total. The van der Waals surface area contributed by atoms with Crippen LogP contribution >= 0.6 is 15.9 Å². The third-order valence-electron chi connectivity index (χ3n) is 5.21. The van der Waals surface area contributed by atoms with Crippen molar-refractivity contribution in [3.05, 3.63) is 71.2 Å². The molecule has 0 saturated carbocycles. The Hall–Kier alpha value is -2.26. The number of carbonyl (C=O) groups excluding carboxylic acids is 1. The fourth-order valence-corrected chi connectivity index (χ4v) is 5.40. The Bertz CT molecular complexity index is 1170. The molecular formula is C22H22BrN3O3S. The number of amides is 1. The molecule has 1 N–H and O–H groups in total. The molecule has 3 aromatic carbocycles. The van der Waals surface area contributed by atoms with Crippen molar-refractivity contribution in [2.45, 2.75) is 4.90 Å². The number of halogens is 1. The van der Waals surface area contributed by atoms with E-state index in [0.717, 1.165) is 20.9 Å². The molecule has 8 heteroatoms. The third-order valence-corrected chi connectivity index (χ3v) is 7.79. The normalized spacial score (nSPS) is 15.9. The van der Waals surface area contributed by atoms with Gasteiger partial charge in [-0.2, -0.15) is 4.31 Å². The summed E-state index contributed by atoms with van der Waals surface area (Å²) in [5.74, 6) is -0.118. The predicted octanol–water partition coefficient (Wildman–Crippen LogP) is 3.55. The van der Waals surface area contributed by atoms with E-state index in [-0.39, 0.29) is 12.5 Å². The number of sulfonamides is 1. The van der Waals surface area contributed by atoms with Crippen molar-refractivity contribution in [2.75, 3.05) is 38.0 Å². The maximum Gasteiger partial charge on any atom is 0.243 e. The molecule has 0 radical (unpaired) electrons. The van der Waals surface area contributed by atoms with Gasteiger partial charge in [0.1, 0.15) is 0 Å². The Morgan fingerprint density at radius 2 is 1.57 bits per heavy atom. The van der Waals surface area contributed by atoms with Crippen LogP contribution < -0.4 is 5.32 Å².